The number of amides is 1. The van der Waals surface area contributed by atoms with Crippen LogP contribution in [0.2, 0.25) is 0 Å². The van der Waals surface area contributed by atoms with Crippen molar-refractivity contribution in [2.24, 2.45) is 15.9 Å². The molecular weight excluding hydrogens is 442 g/mol. The van der Waals surface area contributed by atoms with Crippen LogP contribution < -0.4 is 10.6 Å². The first kappa shape index (κ1) is 22.4. The van der Waals surface area contributed by atoms with Crippen molar-refractivity contribution in [3.63, 3.8) is 0 Å². The molecule has 3 fully saturated rings. The molecule has 9 nitrogen and oxygen atoms in total. The molecule has 1 aliphatic heterocycles. The number of carbonyl (C=O) groups is 1. The molecule has 5 N–H and O–H groups in total. The molecule has 0 radical (unpaired) electrons. The Kier molecular flexibility index (Phi) is 5.72. The minimum absolute atomic E-state index is 0.173. The number of aliphatic imine (C=N–C) groups is 2. The van der Waals surface area contributed by atoms with Gasteiger partial charge in [0.15, 0.2) is 0 Å². The molecular formula is C23H29N5O4S. The highest BCUT2D eigenvalue weighted by Crippen LogP contribution is 2.37. The highest BCUT2D eigenvalue weighted by atomic mass is 32.1. The van der Waals surface area contributed by atoms with Crippen molar-refractivity contribution < 1.29 is 20.1 Å². The minimum atomic E-state index is -1.17. The Labute approximate surface area is 195 Å². The quantitative estimate of drug-likeness (QED) is 0.455. The van der Waals surface area contributed by atoms with Crippen LogP contribution in [0.25, 0.3) is 10.2 Å². The largest absolute Gasteiger partial charge is 0.390 e. The first-order valence-electron chi connectivity index (χ1n) is 11.4. The summed E-state index contributed by atoms with van der Waals surface area (Å²) in [4.78, 5) is 27.2. The first-order valence-corrected chi connectivity index (χ1v) is 12.2. The van der Waals surface area contributed by atoms with Crippen LogP contribution in [0.3, 0.4) is 0 Å². The molecule has 2 heterocycles. The monoisotopic (exact) mass is 471 g/mol. The Morgan fingerprint density at radius 3 is 2.52 bits per heavy atom. The first-order chi connectivity index (χ1) is 15.7. The zero-order valence-electron chi connectivity index (χ0n) is 18.6. The van der Waals surface area contributed by atoms with E-state index < -0.39 is 35.7 Å². The summed E-state index contributed by atoms with van der Waals surface area (Å²) in [5, 5.41) is 38.2. The lowest BCUT2D eigenvalue weighted by atomic mass is 9.88. The number of nitrogens with one attached hydrogen (secondary N) is 2. The van der Waals surface area contributed by atoms with Gasteiger partial charge in [-0.2, -0.15) is 0 Å². The number of nitrogens with zero attached hydrogens (tertiary/aromatic N) is 3. The number of thiazole rings is 1. The van der Waals surface area contributed by atoms with Crippen LogP contribution in [0, 0.1) is 5.92 Å². The smallest absolute Gasteiger partial charge is 0.244 e. The lowest BCUT2D eigenvalue weighted by Gasteiger charge is -2.29. The van der Waals surface area contributed by atoms with Gasteiger partial charge in [-0.15, -0.1) is 11.3 Å². The van der Waals surface area contributed by atoms with Crippen LogP contribution in [0.5, 0.6) is 0 Å². The molecule has 2 aromatic rings. The molecule has 5 atom stereocenters. The van der Waals surface area contributed by atoms with E-state index in [1.54, 1.807) is 13.8 Å². The SMILES string of the molecule is CC(C)(O)[C@H]1C[C@@H](N=C2NC(=NC3CCC3)NC(=O)C2c2nc3ccccc3s2)[C@H](O)[C@@H]1O. The van der Waals surface area contributed by atoms with Gasteiger partial charge in [-0.3, -0.25) is 15.1 Å². The molecule has 0 spiro atoms. The third-order valence-electron chi connectivity index (χ3n) is 6.83. The van der Waals surface area contributed by atoms with Crippen molar-refractivity contribution in [3.05, 3.63) is 29.3 Å². The summed E-state index contributed by atoms with van der Waals surface area (Å²) in [5.74, 6) is -0.898. The second kappa shape index (κ2) is 8.43. The summed E-state index contributed by atoms with van der Waals surface area (Å²) in [7, 11) is 0. The summed E-state index contributed by atoms with van der Waals surface area (Å²) in [6, 6.07) is 7.18. The van der Waals surface area contributed by atoms with Crippen LogP contribution in [-0.4, -0.2) is 67.9 Å². The number of benzene rings is 1. The number of fused-ring (bicyclic) bond motifs is 1. The van der Waals surface area contributed by atoms with Crippen molar-refractivity contribution in [1.82, 2.24) is 15.6 Å². The molecule has 176 valence electrons. The Hall–Kier alpha value is -2.40. The fourth-order valence-electron chi connectivity index (χ4n) is 4.67. The van der Waals surface area contributed by atoms with Gasteiger partial charge >= 0.3 is 0 Å². The Morgan fingerprint density at radius 1 is 1.12 bits per heavy atom. The number of para-hydroxylation sites is 1. The molecule has 1 amide bonds. The lowest BCUT2D eigenvalue weighted by Crippen LogP contribution is -2.56. The van der Waals surface area contributed by atoms with E-state index in [2.05, 4.69) is 20.6 Å². The Morgan fingerprint density at radius 2 is 1.88 bits per heavy atom. The average molecular weight is 472 g/mol. The second-order valence-electron chi connectivity index (χ2n) is 9.69. The summed E-state index contributed by atoms with van der Waals surface area (Å²) in [5.41, 5.74) is -0.368. The number of aliphatic hydroxyl groups excluding tert-OH is 2. The average Bonchev–Trinajstić information content (AvgIpc) is 3.26. The van der Waals surface area contributed by atoms with Crippen LogP contribution in [0.4, 0.5) is 0 Å². The van der Waals surface area contributed by atoms with Gasteiger partial charge in [0.05, 0.1) is 34.0 Å². The normalized spacial score (nSPS) is 33.4. The molecule has 1 saturated heterocycles. The number of hydrogen-bond donors (Lipinski definition) is 5. The fraction of sp³-hybridized carbons (Fsp3) is 0.565. The van der Waals surface area contributed by atoms with E-state index in [0.29, 0.717) is 23.2 Å². The van der Waals surface area contributed by atoms with Crippen molar-refractivity contribution in [3.8, 4) is 0 Å². The van der Waals surface area contributed by atoms with Crippen LogP contribution in [0.15, 0.2) is 34.3 Å². The number of carbonyl (C=O) groups excluding carboxylic acids is 1. The number of hydrogen-bond acceptors (Lipinski definition) is 8. The van der Waals surface area contributed by atoms with E-state index in [1.165, 1.54) is 11.3 Å². The molecule has 33 heavy (non-hydrogen) atoms. The molecule has 5 rings (SSSR count). The van der Waals surface area contributed by atoms with Crippen LogP contribution in [0.1, 0.15) is 50.5 Å². The van der Waals surface area contributed by atoms with Gasteiger partial charge in [-0.25, -0.2) is 9.98 Å². The van der Waals surface area contributed by atoms with Crippen molar-refractivity contribution in [2.45, 2.75) is 75.3 Å². The Bertz CT molecular complexity index is 1090. The highest BCUT2D eigenvalue weighted by molar-refractivity contribution is 7.18. The van der Waals surface area contributed by atoms with Crippen molar-refractivity contribution in [1.29, 1.82) is 0 Å². The molecule has 3 aliphatic rings. The predicted molar refractivity (Wildman–Crippen MR) is 126 cm³/mol. The van der Waals surface area contributed by atoms with E-state index in [-0.39, 0.29) is 11.9 Å². The minimum Gasteiger partial charge on any atom is -0.390 e. The third-order valence-corrected chi connectivity index (χ3v) is 7.93. The summed E-state index contributed by atoms with van der Waals surface area (Å²) in [6.07, 6.45) is 1.12. The van der Waals surface area contributed by atoms with Crippen molar-refractivity contribution >= 4 is 39.3 Å². The maximum absolute atomic E-state index is 13.2. The zero-order chi connectivity index (χ0) is 23.3. The topological polar surface area (TPSA) is 139 Å². The third kappa shape index (κ3) is 4.28. The molecule has 1 unspecified atom stereocenters. The van der Waals surface area contributed by atoms with E-state index in [4.69, 9.17) is 4.99 Å². The predicted octanol–water partition coefficient (Wildman–Crippen LogP) is 1.29. The molecule has 2 saturated carbocycles. The van der Waals surface area contributed by atoms with Gasteiger partial charge in [0.1, 0.15) is 22.9 Å². The number of rotatable bonds is 4. The van der Waals surface area contributed by atoms with E-state index in [1.807, 2.05) is 24.3 Å². The van der Waals surface area contributed by atoms with E-state index in [9.17, 15) is 20.1 Å². The number of guanidine groups is 1. The number of aliphatic hydroxyl groups is 3. The maximum atomic E-state index is 13.2. The van der Waals surface area contributed by atoms with Crippen LogP contribution in [-0.2, 0) is 4.79 Å². The standard InChI is InChI=1S/C23H29N5O4S/c1-23(2,32)12-10-14(18(30)17(12)29)25-19-16(21-26-13-8-3-4-9-15(13)33-21)20(31)28-22(27-19)24-11-6-5-7-11/h3-4,8-9,11-12,14,16-18,29-30,32H,5-7,10H2,1-2H3,(H2,24,25,27,28,31)/t12-,14+,16?,17+,18-/m0/s1. The van der Waals surface area contributed by atoms with Gasteiger partial charge in [0.25, 0.3) is 0 Å². The molecule has 2 aliphatic carbocycles. The van der Waals surface area contributed by atoms with Gasteiger partial charge < -0.3 is 20.6 Å². The highest BCUT2D eigenvalue weighted by Gasteiger charge is 2.48. The van der Waals surface area contributed by atoms with Crippen molar-refractivity contribution in [2.75, 3.05) is 0 Å². The summed E-state index contributed by atoms with van der Waals surface area (Å²) >= 11 is 1.42. The van der Waals surface area contributed by atoms with Crippen LogP contribution >= 0.6 is 11.3 Å². The molecule has 1 aromatic heterocycles. The summed E-state index contributed by atoms with van der Waals surface area (Å²) in [6.45, 7) is 3.23. The fourth-order valence-corrected chi connectivity index (χ4v) is 5.74. The zero-order valence-corrected chi connectivity index (χ0v) is 19.4. The van der Waals surface area contributed by atoms with E-state index >= 15 is 0 Å². The second-order valence-corrected chi connectivity index (χ2v) is 10.8. The van der Waals surface area contributed by atoms with Gasteiger partial charge in [-0.05, 0) is 51.7 Å². The lowest BCUT2D eigenvalue weighted by molar-refractivity contribution is -0.120. The number of amidine groups is 1. The van der Waals surface area contributed by atoms with Gasteiger partial charge in [0.2, 0.25) is 11.9 Å². The molecule has 10 heteroatoms. The van der Waals surface area contributed by atoms with Gasteiger partial charge in [-0.1, -0.05) is 12.1 Å². The number of aromatic nitrogens is 1. The maximum Gasteiger partial charge on any atom is 0.244 e. The van der Waals surface area contributed by atoms with E-state index in [0.717, 1.165) is 29.5 Å². The summed E-state index contributed by atoms with van der Waals surface area (Å²) < 4.78 is 0.965. The van der Waals surface area contributed by atoms with Gasteiger partial charge in [0, 0.05) is 5.92 Å². The Balaban J connectivity index is 1.51. The molecule has 1 aromatic carbocycles. The molecule has 0 bridgehead atoms.